The van der Waals surface area contributed by atoms with Crippen molar-refractivity contribution in [3.63, 3.8) is 0 Å². The van der Waals surface area contributed by atoms with Gasteiger partial charge >= 0.3 is 0 Å². The summed E-state index contributed by atoms with van der Waals surface area (Å²) in [6.45, 7) is 2.03. The van der Waals surface area contributed by atoms with Gasteiger partial charge in [0.05, 0.1) is 11.5 Å². The van der Waals surface area contributed by atoms with Crippen molar-refractivity contribution in [1.29, 1.82) is 5.26 Å². The standard InChI is InChI=1S/C11H18N2/c12-8-11(5-1-7-13-9-11)6-4-10-2-3-10/h10,13H,1-7,9H2. The minimum absolute atomic E-state index is 0.0131. The monoisotopic (exact) mass is 178 g/mol. The first kappa shape index (κ1) is 9.02. The third kappa shape index (κ3) is 2.22. The Hall–Kier alpha value is -0.550. The molecule has 72 valence electrons. The molecule has 1 unspecified atom stereocenters. The number of nitriles is 1. The second kappa shape index (κ2) is 3.67. The molecule has 0 spiro atoms. The zero-order valence-corrected chi connectivity index (χ0v) is 8.18. The van der Waals surface area contributed by atoms with E-state index in [9.17, 15) is 5.26 Å². The van der Waals surface area contributed by atoms with E-state index in [0.29, 0.717) is 0 Å². The molecule has 1 N–H and O–H groups in total. The van der Waals surface area contributed by atoms with E-state index in [1.54, 1.807) is 0 Å². The van der Waals surface area contributed by atoms with Gasteiger partial charge in [-0.1, -0.05) is 12.8 Å². The Kier molecular flexibility index (Phi) is 2.55. The topological polar surface area (TPSA) is 35.8 Å². The molecule has 13 heavy (non-hydrogen) atoms. The van der Waals surface area contributed by atoms with E-state index in [4.69, 9.17) is 0 Å². The summed E-state index contributed by atoms with van der Waals surface area (Å²) in [4.78, 5) is 0. The van der Waals surface area contributed by atoms with Crippen LogP contribution >= 0.6 is 0 Å². The van der Waals surface area contributed by atoms with Crippen molar-refractivity contribution in [1.82, 2.24) is 5.32 Å². The molecule has 1 aliphatic carbocycles. The minimum atomic E-state index is -0.0131. The molecule has 2 fully saturated rings. The fourth-order valence-corrected chi connectivity index (χ4v) is 2.22. The van der Waals surface area contributed by atoms with Crippen LogP contribution in [0.25, 0.3) is 0 Å². The molecule has 0 bridgehead atoms. The van der Waals surface area contributed by atoms with E-state index in [2.05, 4.69) is 11.4 Å². The fourth-order valence-electron chi connectivity index (χ4n) is 2.22. The number of hydrogen-bond donors (Lipinski definition) is 1. The van der Waals surface area contributed by atoms with Gasteiger partial charge in [-0.15, -0.1) is 0 Å². The van der Waals surface area contributed by atoms with Crippen LogP contribution < -0.4 is 5.32 Å². The van der Waals surface area contributed by atoms with Crippen LogP contribution in [0.5, 0.6) is 0 Å². The lowest BCUT2D eigenvalue weighted by Gasteiger charge is -2.31. The SMILES string of the molecule is N#CC1(CCC2CC2)CCCNC1. The molecule has 0 amide bonds. The maximum Gasteiger partial charge on any atom is 0.0703 e. The van der Waals surface area contributed by atoms with Crippen molar-refractivity contribution in [2.24, 2.45) is 11.3 Å². The highest BCUT2D eigenvalue weighted by Crippen LogP contribution is 2.39. The summed E-state index contributed by atoms with van der Waals surface area (Å²) >= 11 is 0. The molecule has 2 aliphatic rings. The van der Waals surface area contributed by atoms with Gasteiger partial charge in [-0.3, -0.25) is 0 Å². The molecular formula is C11H18N2. The Morgan fingerprint density at radius 3 is 2.85 bits per heavy atom. The summed E-state index contributed by atoms with van der Waals surface area (Å²) in [6.07, 6.45) is 7.53. The van der Waals surface area contributed by atoms with Crippen molar-refractivity contribution in [3.05, 3.63) is 0 Å². The average Bonchev–Trinajstić information content (AvgIpc) is 3.00. The van der Waals surface area contributed by atoms with Crippen LogP contribution in [0.4, 0.5) is 0 Å². The van der Waals surface area contributed by atoms with Crippen molar-refractivity contribution in [3.8, 4) is 6.07 Å². The Morgan fingerprint density at radius 2 is 2.31 bits per heavy atom. The normalized spacial score (nSPS) is 34.1. The molecule has 0 aromatic heterocycles. The summed E-state index contributed by atoms with van der Waals surface area (Å²) in [5.74, 6) is 0.965. The molecule has 0 aromatic rings. The van der Waals surface area contributed by atoms with Gasteiger partial charge in [-0.25, -0.2) is 0 Å². The first-order chi connectivity index (χ1) is 6.35. The first-order valence-electron chi connectivity index (χ1n) is 5.47. The van der Waals surface area contributed by atoms with E-state index in [1.807, 2.05) is 0 Å². The van der Waals surface area contributed by atoms with Crippen LogP contribution in [0.15, 0.2) is 0 Å². The van der Waals surface area contributed by atoms with Crippen molar-refractivity contribution in [2.45, 2.75) is 38.5 Å². The Balaban J connectivity index is 1.85. The first-order valence-corrected chi connectivity index (χ1v) is 5.47. The lowest BCUT2D eigenvalue weighted by molar-refractivity contribution is 0.258. The van der Waals surface area contributed by atoms with Crippen LogP contribution in [0.3, 0.4) is 0 Å². The van der Waals surface area contributed by atoms with Crippen LogP contribution in [-0.2, 0) is 0 Å². The predicted molar refractivity (Wildman–Crippen MR) is 52.1 cm³/mol. The van der Waals surface area contributed by atoms with Crippen LogP contribution in [0.1, 0.15) is 38.5 Å². The van der Waals surface area contributed by atoms with Gasteiger partial charge in [-0.2, -0.15) is 5.26 Å². The van der Waals surface area contributed by atoms with Gasteiger partial charge in [0.2, 0.25) is 0 Å². The van der Waals surface area contributed by atoms with Gasteiger partial charge in [0.25, 0.3) is 0 Å². The zero-order valence-electron chi connectivity index (χ0n) is 8.18. The smallest absolute Gasteiger partial charge is 0.0703 e. The molecule has 0 radical (unpaired) electrons. The van der Waals surface area contributed by atoms with Crippen molar-refractivity contribution >= 4 is 0 Å². The largest absolute Gasteiger partial charge is 0.315 e. The highest BCUT2D eigenvalue weighted by Gasteiger charge is 2.34. The molecule has 1 atom stereocenters. The lowest BCUT2D eigenvalue weighted by atomic mass is 9.78. The summed E-state index contributed by atoms with van der Waals surface area (Å²) < 4.78 is 0. The Morgan fingerprint density at radius 1 is 1.46 bits per heavy atom. The molecular weight excluding hydrogens is 160 g/mol. The van der Waals surface area contributed by atoms with Crippen molar-refractivity contribution < 1.29 is 0 Å². The molecule has 1 aliphatic heterocycles. The van der Waals surface area contributed by atoms with E-state index in [-0.39, 0.29) is 5.41 Å². The third-order valence-electron chi connectivity index (χ3n) is 3.44. The number of rotatable bonds is 3. The summed E-state index contributed by atoms with van der Waals surface area (Å²) in [5.41, 5.74) is -0.0131. The van der Waals surface area contributed by atoms with Gasteiger partial charge in [-0.05, 0) is 38.1 Å². The second-order valence-electron chi connectivity index (χ2n) is 4.65. The molecule has 1 saturated heterocycles. The minimum Gasteiger partial charge on any atom is -0.315 e. The van der Waals surface area contributed by atoms with Gasteiger partial charge < -0.3 is 5.32 Å². The number of hydrogen-bond acceptors (Lipinski definition) is 2. The lowest BCUT2D eigenvalue weighted by Crippen LogP contribution is -2.39. The Bertz CT molecular complexity index is 207. The second-order valence-corrected chi connectivity index (χ2v) is 4.65. The van der Waals surface area contributed by atoms with E-state index in [0.717, 1.165) is 31.8 Å². The molecule has 0 aromatic carbocycles. The molecule has 2 nitrogen and oxygen atoms in total. The molecule has 1 saturated carbocycles. The average molecular weight is 178 g/mol. The summed E-state index contributed by atoms with van der Waals surface area (Å²) in [7, 11) is 0. The third-order valence-corrected chi connectivity index (χ3v) is 3.44. The summed E-state index contributed by atoms with van der Waals surface area (Å²) in [5, 5.41) is 12.5. The van der Waals surface area contributed by atoms with E-state index >= 15 is 0 Å². The summed E-state index contributed by atoms with van der Waals surface area (Å²) in [6, 6.07) is 2.54. The molecule has 2 rings (SSSR count). The maximum absolute atomic E-state index is 9.18. The molecule has 2 heteroatoms. The molecule has 1 heterocycles. The van der Waals surface area contributed by atoms with Crippen LogP contribution in [0.2, 0.25) is 0 Å². The fraction of sp³-hybridized carbons (Fsp3) is 0.909. The number of piperidine rings is 1. The van der Waals surface area contributed by atoms with Gasteiger partial charge in [0.15, 0.2) is 0 Å². The van der Waals surface area contributed by atoms with Gasteiger partial charge in [0.1, 0.15) is 0 Å². The number of nitrogens with zero attached hydrogens (tertiary/aromatic N) is 1. The number of nitrogens with one attached hydrogen (secondary N) is 1. The van der Waals surface area contributed by atoms with Crippen LogP contribution in [0, 0.1) is 22.7 Å². The van der Waals surface area contributed by atoms with E-state index < -0.39 is 0 Å². The highest BCUT2D eigenvalue weighted by molar-refractivity contribution is 5.02. The van der Waals surface area contributed by atoms with Gasteiger partial charge in [0, 0.05) is 6.54 Å². The highest BCUT2D eigenvalue weighted by atomic mass is 14.9. The van der Waals surface area contributed by atoms with Crippen LogP contribution in [-0.4, -0.2) is 13.1 Å². The van der Waals surface area contributed by atoms with E-state index in [1.165, 1.54) is 25.7 Å². The Labute approximate surface area is 80.3 Å². The van der Waals surface area contributed by atoms with Crippen molar-refractivity contribution in [2.75, 3.05) is 13.1 Å². The predicted octanol–water partition coefficient (Wildman–Crippen LogP) is 2.07. The zero-order chi connectivity index (χ0) is 9.15. The maximum atomic E-state index is 9.18. The quantitative estimate of drug-likeness (QED) is 0.718.